The molecule has 0 saturated carbocycles. The van der Waals surface area contributed by atoms with Gasteiger partial charge < -0.3 is 16.0 Å². The molecule has 0 fully saturated rings. The first kappa shape index (κ1) is 19.4. The number of carbonyl (C=O) groups is 2. The van der Waals surface area contributed by atoms with Crippen LogP contribution in [0.1, 0.15) is 20.8 Å². The molecule has 2 rings (SSSR count). The fraction of sp³-hybridized carbons (Fsp3) is 0.263. The maximum absolute atomic E-state index is 13.6. The lowest BCUT2D eigenvalue weighted by molar-refractivity contribution is -0.119. The molecular formula is C19H21F2N3O2. The molecule has 1 unspecified atom stereocenters. The topological polar surface area (TPSA) is 70.2 Å². The zero-order chi connectivity index (χ0) is 19.3. The Morgan fingerprint density at radius 3 is 2.04 bits per heavy atom. The normalized spacial score (nSPS) is 11.8. The molecule has 0 radical (unpaired) electrons. The molecule has 0 aliphatic heterocycles. The highest BCUT2D eigenvalue weighted by Crippen LogP contribution is 2.17. The van der Waals surface area contributed by atoms with Gasteiger partial charge in [0.25, 0.3) is 0 Å². The molecule has 7 heteroatoms. The van der Waals surface area contributed by atoms with E-state index < -0.39 is 23.6 Å². The summed E-state index contributed by atoms with van der Waals surface area (Å²) < 4.78 is 26.5. The minimum Gasteiger partial charge on any atom is -0.374 e. The Labute approximate surface area is 150 Å². The van der Waals surface area contributed by atoms with Crippen LogP contribution in [0.15, 0.2) is 42.5 Å². The molecule has 3 N–H and O–H groups in total. The van der Waals surface area contributed by atoms with Crippen molar-refractivity contribution in [2.24, 2.45) is 5.92 Å². The molecule has 0 saturated heterocycles. The molecule has 26 heavy (non-hydrogen) atoms. The van der Waals surface area contributed by atoms with Crippen molar-refractivity contribution in [1.82, 2.24) is 0 Å². The van der Waals surface area contributed by atoms with Crippen LogP contribution in [0.3, 0.4) is 0 Å². The molecule has 138 valence electrons. The smallest absolute Gasteiger partial charge is 0.246 e. The summed E-state index contributed by atoms with van der Waals surface area (Å²) in [6.07, 6.45) is 0. The summed E-state index contributed by atoms with van der Waals surface area (Å²) in [5.74, 6) is -2.22. The van der Waals surface area contributed by atoms with Crippen LogP contribution in [0.2, 0.25) is 0 Å². The quantitative estimate of drug-likeness (QED) is 0.728. The standard InChI is InChI=1S/C19H21F2N3O2/c1-11(2)18(25)23-15-7-5-14(6-8-15)22-12(3)19(26)24-17-9-4-13(20)10-16(17)21/h4-12,22H,1-3H3,(H,23,25)(H,24,26). The molecular weight excluding hydrogens is 340 g/mol. The van der Waals surface area contributed by atoms with Gasteiger partial charge in [-0.05, 0) is 43.3 Å². The van der Waals surface area contributed by atoms with Gasteiger partial charge in [-0.2, -0.15) is 0 Å². The van der Waals surface area contributed by atoms with Crippen molar-refractivity contribution in [1.29, 1.82) is 0 Å². The third-order valence-electron chi connectivity index (χ3n) is 3.64. The van der Waals surface area contributed by atoms with E-state index in [1.165, 1.54) is 6.07 Å². The van der Waals surface area contributed by atoms with Crippen LogP contribution in [0, 0.1) is 17.6 Å². The number of carbonyl (C=O) groups excluding carboxylic acids is 2. The molecule has 2 aromatic carbocycles. The summed E-state index contributed by atoms with van der Waals surface area (Å²) in [6, 6.07) is 9.16. The van der Waals surface area contributed by atoms with E-state index in [4.69, 9.17) is 0 Å². The molecule has 0 bridgehead atoms. The first-order valence-corrected chi connectivity index (χ1v) is 8.19. The first-order chi connectivity index (χ1) is 12.3. The second-order valence-electron chi connectivity index (χ2n) is 6.20. The predicted molar refractivity (Wildman–Crippen MR) is 98.0 cm³/mol. The van der Waals surface area contributed by atoms with Crippen molar-refractivity contribution in [3.63, 3.8) is 0 Å². The molecule has 0 aromatic heterocycles. The lowest BCUT2D eigenvalue weighted by Gasteiger charge is -2.16. The average molecular weight is 361 g/mol. The minimum atomic E-state index is -0.837. The van der Waals surface area contributed by atoms with Crippen LogP contribution in [0.5, 0.6) is 0 Å². The maximum Gasteiger partial charge on any atom is 0.246 e. The van der Waals surface area contributed by atoms with Gasteiger partial charge in [0.2, 0.25) is 11.8 Å². The van der Waals surface area contributed by atoms with Gasteiger partial charge in [-0.1, -0.05) is 13.8 Å². The van der Waals surface area contributed by atoms with Gasteiger partial charge in [0.05, 0.1) is 5.69 Å². The van der Waals surface area contributed by atoms with Crippen LogP contribution in [-0.2, 0) is 9.59 Å². The first-order valence-electron chi connectivity index (χ1n) is 8.19. The van der Waals surface area contributed by atoms with Crippen LogP contribution >= 0.6 is 0 Å². The third-order valence-corrected chi connectivity index (χ3v) is 3.64. The van der Waals surface area contributed by atoms with E-state index in [9.17, 15) is 18.4 Å². The summed E-state index contributed by atoms with van der Waals surface area (Å²) in [6.45, 7) is 5.22. The van der Waals surface area contributed by atoms with Gasteiger partial charge in [0, 0.05) is 23.4 Å². The predicted octanol–water partition coefficient (Wildman–Crippen LogP) is 4.00. The van der Waals surface area contributed by atoms with E-state index in [1.54, 1.807) is 45.0 Å². The van der Waals surface area contributed by atoms with Gasteiger partial charge in [0.15, 0.2) is 0 Å². The highest BCUT2D eigenvalue weighted by atomic mass is 19.1. The second kappa shape index (κ2) is 8.42. The van der Waals surface area contributed by atoms with Crippen molar-refractivity contribution in [3.8, 4) is 0 Å². The Morgan fingerprint density at radius 2 is 1.46 bits per heavy atom. The molecule has 2 aromatic rings. The Balaban J connectivity index is 1.95. The van der Waals surface area contributed by atoms with Gasteiger partial charge in [-0.25, -0.2) is 8.78 Å². The van der Waals surface area contributed by atoms with E-state index in [-0.39, 0.29) is 17.5 Å². The fourth-order valence-corrected chi connectivity index (χ4v) is 2.08. The minimum absolute atomic E-state index is 0.0835. The number of rotatable bonds is 6. The summed E-state index contributed by atoms with van der Waals surface area (Å²) >= 11 is 0. The molecule has 0 spiro atoms. The number of amides is 2. The summed E-state index contributed by atoms with van der Waals surface area (Å²) in [5, 5.41) is 8.15. The maximum atomic E-state index is 13.6. The SMILES string of the molecule is CC(C)C(=O)Nc1ccc(NC(C)C(=O)Nc2ccc(F)cc2F)cc1. The summed E-state index contributed by atoms with van der Waals surface area (Å²) in [7, 11) is 0. The number of anilines is 3. The Bertz CT molecular complexity index is 792. The van der Waals surface area contributed by atoms with Gasteiger partial charge >= 0.3 is 0 Å². The van der Waals surface area contributed by atoms with Crippen molar-refractivity contribution in [3.05, 3.63) is 54.1 Å². The van der Waals surface area contributed by atoms with E-state index in [0.29, 0.717) is 17.4 Å². The van der Waals surface area contributed by atoms with Gasteiger partial charge in [-0.3, -0.25) is 9.59 Å². The van der Waals surface area contributed by atoms with E-state index in [0.717, 1.165) is 6.07 Å². The molecule has 0 aliphatic rings. The second-order valence-corrected chi connectivity index (χ2v) is 6.20. The number of nitrogens with one attached hydrogen (secondary N) is 3. The van der Waals surface area contributed by atoms with E-state index in [2.05, 4.69) is 16.0 Å². The number of hydrogen-bond donors (Lipinski definition) is 3. The van der Waals surface area contributed by atoms with Crippen LogP contribution in [-0.4, -0.2) is 17.9 Å². The van der Waals surface area contributed by atoms with Crippen molar-refractivity contribution >= 4 is 28.9 Å². The monoisotopic (exact) mass is 361 g/mol. The third kappa shape index (κ3) is 5.27. The molecule has 5 nitrogen and oxygen atoms in total. The van der Waals surface area contributed by atoms with E-state index in [1.807, 2.05) is 0 Å². The molecule has 0 aliphatic carbocycles. The highest BCUT2D eigenvalue weighted by molar-refractivity contribution is 5.96. The van der Waals surface area contributed by atoms with E-state index >= 15 is 0 Å². The molecule has 0 heterocycles. The highest BCUT2D eigenvalue weighted by Gasteiger charge is 2.15. The molecule has 1 atom stereocenters. The number of hydrogen-bond acceptors (Lipinski definition) is 3. The van der Waals surface area contributed by atoms with Crippen molar-refractivity contribution in [2.45, 2.75) is 26.8 Å². The van der Waals surface area contributed by atoms with Gasteiger partial charge in [-0.15, -0.1) is 0 Å². The Morgan fingerprint density at radius 1 is 0.846 bits per heavy atom. The average Bonchev–Trinajstić information content (AvgIpc) is 2.58. The molecule has 2 amide bonds. The largest absolute Gasteiger partial charge is 0.374 e. The zero-order valence-electron chi connectivity index (χ0n) is 14.8. The lowest BCUT2D eigenvalue weighted by atomic mass is 10.2. The lowest BCUT2D eigenvalue weighted by Crippen LogP contribution is -2.32. The summed E-state index contributed by atoms with van der Waals surface area (Å²) in [4.78, 5) is 23.8. The van der Waals surface area contributed by atoms with Gasteiger partial charge in [0.1, 0.15) is 17.7 Å². The van der Waals surface area contributed by atoms with Crippen molar-refractivity contribution in [2.75, 3.05) is 16.0 Å². The Hall–Kier alpha value is -2.96. The summed E-state index contributed by atoms with van der Waals surface area (Å²) in [5.41, 5.74) is 1.23. The Kier molecular flexibility index (Phi) is 6.27. The van der Waals surface area contributed by atoms with Crippen LogP contribution in [0.4, 0.5) is 25.8 Å². The van der Waals surface area contributed by atoms with Crippen molar-refractivity contribution < 1.29 is 18.4 Å². The van der Waals surface area contributed by atoms with Crippen LogP contribution in [0.25, 0.3) is 0 Å². The zero-order valence-corrected chi connectivity index (χ0v) is 14.8. The fourth-order valence-electron chi connectivity index (χ4n) is 2.08. The van der Waals surface area contributed by atoms with Crippen LogP contribution < -0.4 is 16.0 Å². The number of halogens is 2. The number of benzene rings is 2.